The van der Waals surface area contributed by atoms with Crippen LogP contribution in [0.4, 0.5) is 0 Å². The Hall–Kier alpha value is -0.920. The molecule has 1 atom stereocenters. The molecule has 6 nitrogen and oxygen atoms in total. The lowest BCUT2D eigenvalue weighted by atomic mass is 10.1. The van der Waals surface area contributed by atoms with Crippen LogP contribution >= 0.6 is 0 Å². The van der Waals surface area contributed by atoms with Crippen molar-refractivity contribution in [2.75, 3.05) is 13.1 Å². The first-order valence-electron chi connectivity index (χ1n) is 7.76. The zero-order valence-corrected chi connectivity index (χ0v) is 13.7. The van der Waals surface area contributed by atoms with E-state index in [1.807, 2.05) is 13.8 Å². The van der Waals surface area contributed by atoms with Gasteiger partial charge in [-0.1, -0.05) is 20.3 Å². The summed E-state index contributed by atoms with van der Waals surface area (Å²) in [7, 11) is -3.43. The van der Waals surface area contributed by atoms with Crippen molar-refractivity contribution in [3.8, 4) is 0 Å². The zero-order chi connectivity index (χ0) is 15.3. The molecule has 7 heteroatoms. The van der Waals surface area contributed by atoms with E-state index in [-0.39, 0.29) is 4.90 Å². The Labute approximate surface area is 127 Å². The van der Waals surface area contributed by atoms with Crippen molar-refractivity contribution in [3.05, 3.63) is 12.4 Å². The van der Waals surface area contributed by atoms with Crippen LogP contribution in [0.3, 0.4) is 0 Å². The van der Waals surface area contributed by atoms with E-state index in [9.17, 15) is 8.42 Å². The molecule has 21 heavy (non-hydrogen) atoms. The fraction of sp³-hybridized carbons (Fsp3) is 0.786. The number of aromatic nitrogens is 2. The number of nitrogens with one attached hydrogen (secondary N) is 2. The number of hydrogen-bond acceptors (Lipinski definition) is 4. The second-order valence-corrected chi connectivity index (χ2v) is 7.65. The van der Waals surface area contributed by atoms with E-state index in [1.165, 1.54) is 19.0 Å². The van der Waals surface area contributed by atoms with Gasteiger partial charge in [-0.15, -0.1) is 0 Å². The van der Waals surface area contributed by atoms with Crippen LogP contribution in [0.5, 0.6) is 0 Å². The van der Waals surface area contributed by atoms with Crippen LogP contribution in [0.2, 0.25) is 0 Å². The molecule has 0 amide bonds. The molecule has 2 rings (SSSR count). The van der Waals surface area contributed by atoms with Crippen LogP contribution in [0.15, 0.2) is 17.3 Å². The molecule has 1 unspecified atom stereocenters. The first kappa shape index (κ1) is 16.5. The first-order valence-corrected chi connectivity index (χ1v) is 9.25. The Bertz CT molecular complexity index is 537. The topological polar surface area (TPSA) is 76.0 Å². The third-order valence-electron chi connectivity index (χ3n) is 3.81. The Morgan fingerprint density at radius 3 is 2.90 bits per heavy atom. The third-order valence-corrected chi connectivity index (χ3v) is 5.19. The molecule has 1 fully saturated rings. The highest BCUT2D eigenvalue weighted by atomic mass is 32.2. The van der Waals surface area contributed by atoms with Crippen LogP contribution < -0.4 is 10.0 Å². The fourth-order valence-corrected chi connectivity index (χ4v) is 3.04. The molecule has 1 aliphatic rings. The number of sulfonamides is 1. The van der Waals surface area contributed by atoms with Crippen LogP contribution in [0.25, 0.3) is 0 Å². The van der Waals surface area contributed by atoms with E-state index in [2.05, 4.69) is 15.1 Å². The van der Waals surface area contributed by atoms with Crippen molar-refractivity contribution >= 4 is 10.0 Å². The summed E-state index contributed by atoms with van der Waals surface area (Å²) in [6, 6.07) is 0.711. The Balaban J connectivity index is 1.79. The standard InChI is InChI=1S/C14H26N4O2S/c1-3-12(2)9-17-21(19,20)14-10-16-18(11-14)8-4-7-15-13-5-6-13/h10-13,15,17H,3-9H2,1-2H3. The van der Waals surface area contributed by atoms with E-state index in [4.69, 9.17) is 0 Å². The summed E-state index contributed by atoms with van der Waals surface area (Å²) in [5.74, 6) is 0.336. The maximum atomic E-state index is 12.1. The summed E-state index contributed by atoms with van der Waals surface area (Å²) < 4.78 is 28.6. The highest BCUT2D eigenvalue weighted by molar-refractivity contribution is 7.89. The molecule has 0 aromatic carbocycles. The highest BCUT2D eigenvalue weighted by Gasteiger charge is 2.20. The Morgan fingerprint density at radius 1 is 1.48 bits per heavy atom. The highest BCUT2D eigenvalue weighted by Crippen LogP contribution is 2.18. The second-order valence-electron chi connectivity index (χ2n) is 5.89. The summed E-state index contributed by atoms with van der Waals surface area (Å²) in [5.41, 5.74) is 0. The summed E-state index contributed by atoms with van der Waals surface area (Å²) in [6.07, 6.45) is 7.51. The van der Waals surface area contributed by atoms with Crippen molar-refractivity contribution in [1.29, 1.82) is 0 Å². The molecule has 0 aliphatic heterocycles. The lowest BCUT2D eigenvalue weighted by molar-refractivity contribution is 0.527. The molecular formula is C14H26N4O2S. The molecule has 0 saturated heterocycles. The van der Waals surface area contributed by atoms with Gasteiger partial charge in [0.15, 0.2) is 0 Å². The number of aryl methyl sites for hydroxylation is 1. The third kappa shape index (κ3) is 5.41. The van der Waals surface area contributed by atoms with Gasteiger partial charge >= 0.3 is 0 Å². The van der Waals surface area contributed by atoms with Crippen LogP contribution in [-0.2, 0) is 16.6 Å². The van der Waals surface area contributed by atoms with Gasteiger partial charge in [0.05, 0.1) is 6.20 Å². The SMILES string of the molecule is CCC(C)CNS(=O)(=O)c1cnn(CCCNC2CC2)c1. The lowest BCUT2D eigenvalue weighted by Gasteiger charge is -2.09. The van der Waals surface area contributed by atoms with Crippen molar-refractivity contribution in [2.45, 2.75) is 57.0 Å². The molecular weight excluding hydrogens is 288 g/mol. The van der Waals surface area contributed by atoms with Gasteiger partial charge < -0.3 is 5.32 Å². The number of hydrogen-bond donors (Lipinski definition) is 2. The van der Waals surface area contributed by atoms with E-state index < -0.39 is 10.0 Å². The van der Waals surface area contributed by atoms with E-state index in [0.717, 1.165) is 25.9 Å². The van der Waals surface area contributed by atoms with Gasteiger partial charge in [0.2, 0.25) is 10.0 Å². The lowest BCUT2D eigenvalue weighted by Crippen LogP contribution is -2.28. The average molecular weight is 314 g/mol. The maximum Gasteiger partial charge on any atom is 0.243 e. The van der Waals surface area contributed by atoms with Gasteiger partial charge in [0.25, 0.3) is 0 Å². The average Bonchev–Trinajstić information content (AvgIpc) is 3.16. The van der Waals surface area contributed by atoms with E-state index >= 15 is 0 Å². The first-order chi connectivity index (χ1) is 10.0. The van der Waals surface area contributed by atoms with Gasteiger partial charge in [-0.3, -0.25) is 4.68 Å². The maximum absolute atomic E-state index is 12.1. The monoisotopic (exact) mass is 314 g/mol. The van der Waals surface area contributed by atoms with Gasteiger partial charge in [0, 0.05) is 25.3 Å². The molecule has 1 saturated carbocycles. The molecule has 120 valence electrons. The van der Waals surface area contributed by atoms with Gasteiger partial charge in [0.1, 0.15) is 4.90 Å². The minimum absolute atomic E-state index is 0.251. The zero-order valence-electron chi connectivity index (χ0n) is 12.9. The molecule has 1 aromatic heterocycles. The largest absolute Gasteiger partial charge is 0.314 e. The summed E-state index contributed by atoms with van der Waals surface area (Å²) in [5, 5.41) is 7.56. The number of nitrogens with zero attached hydrogens (tertiary/aromatic N) is 2. The van der Waals surface area contributed by atoms with Crippen LogP contribution in [-0.4, -0.2) is 37.3 Å². The predicted octanol–water partition coefficient (Wildman–Crippen LogP) is 1.35. The Kier molecular flexibility index (Phi) is 5.78. The summed E-state index contributed by atoms with van der Waals surface area (Å²) in [4.78, 5) is 0.251. The fourth-order valence-electron chi connectivity index (χ4n) is 1.92. The molecule has 0 bridgehead atoms. The molecule has 1 heterocycles. The minimum Gasteiger partial charge on any atom is -0.314 e. The van der Waals surface area contributed by atoms with Crippen LogP contribution in [0.1, 0.15) is 39.5 Å². The van der Waals surface area contributed by atoms with Crippen molar-refractivity contribution in [2.24, 2.45) is 5.92 Å². The van der Waals surface area contributed by atoms with Crippen molar-refractivity contribution in [1.82, 2.24) is 19.8 Å². The summed E-state index contributed by atoms with van der Waals surface area (Å²) in [6.45, 7) is 6.24. The van der Waals surface area contributed by atoms with E-state index in [0.29, 0.717) is 18.5 Å². The molecule has 0 radical (unpaired) electrons. The molecule has 1 aromatic rings. The quantitative estimate of drug-likeness (QED) is 0.639. The number of rotatable bonds is 10. The van der Waals surface area contributed by atoms with Crippen molar-refractivity contribution < 1.29 is 8.42 Å². The predicted molar refractivity (Wildman–Crippen MR) is 82.5 cm³/mol. The van der Waals surface area contributed by atoms with Gasteiger partial charge in [-0.05, 0) is 31.7 Å². The molecule has 2 N–H and O–H groups in total. The smallest absolute Gasteiger partial charge is 0.243 e. The molecule has 0 spiro atoms. The van der Waals surface area contributed by atoms with Crippen LogP contribution in [0, 0.1) is 5.92 Å². The molecule has 1 aliphatic carbocycles. The van der Waals surface area contributed by atoms with Gasteiger partial charge in [-0.2, -0.15) is 5.10 Å². The van der Waals surface area contributed by atoms with Crippen molar-refractivity contribution in [3.63, 3.8) is 0 Å². The van der Waals surface area contributed by atoms with E-state index in [1.54, 1.807) is 10.9 Å². The Morgan fingerprint density at radius 2 is 2.24 bits per heavy atom. The minimum atomic E-state index is -3.43. The second kappa shape index (κ2) is 7.38. The normalized spacial score (nSPS) is 17.0. The summed E-state index contributed by atoms with van der Waals surface area (Å²) >= 11 is 0. The van der Waals surface area contributed by atoms with Gasteiger partial charge in [-0.25, -0.2) is 13.1 Å².